The second-order valence-corrected chi connectivity index (χ2v) is 12.3. The quantitative estimate of drug-likeness (QED) is 0.0690. The predicted octanol–water partition coefficient (Wildman–Crippen LogP) is 6.48. The zero-order valence-corrected chi connectivity index (χ0v) is 27.1. The number of aliphatic hydroxyl groups is 1. The Hall–Kier alpha value is -4.19. The Labute approximate surface area is 279 Å². The maximum absolute atomic E-state index is 12.3. The van der Waals surface area contributed by atoms with E-state index >= 15 is 0 Å². The molecular formula is C37H40N2O7S. The molecule has 2 amide bonds. The lowest BCUT2D eigenvalue weighted by molar-refractivity contribution is -0.245. The van der Waals surface area contributed by atoms with Crippen LogP contribution in [-0.4, -0.2) is 41.1 Å². The number of ether oxygens (including phenoxy) is 3. The highest BCUT2D eigenvalue weighted by Crippen LogP contribution is 2.41. The van der Waals surface area contributed by atoms with E-state index in [0.29, 0.717) is 19.4 Å². The first-order valence-corrected chi connectivity index (χ1v) is 16.6. The zero-order chi connectivity index (χ0) is 33.0. The van der Waals surface area contributed by atoms with E-state index in [1.165, 1.54) is 0 Å². The van der Waals surface area contributed by atoms with E-state index < -0.39 is 12.2 Å². The highest BCUT2D eigenvalue weighted by Gasteiger charge is 2.32. The van der Waals surface area contributed by atoms with Crippen molar-refractivity contribution in [2.45, 2.75) is 62.2 Å². The normalized spacial score (nSPS) is 17.6. The first kappa shape index (κ1) is 34.2. The number of thioether (sulfide) groups is 1. The van der Waals surface area contributed by atoms with Gasteiger partial charge in [-0.05, 0) is 46.4 Å². The summed E-state index contributed by atoms with van der Waals surface area (Å²) >= 11 is 1.70. The number of methoxy groups -OCH3 is 1. The van der Waals surface area contributed by atoms with Gasteiger partial charge in [0.15, 0.2) is 6.29 Å². The van der Waals surface area contributed by atoms with Crippen molar-refractivity contribution in [3.8, 4) is 16.9 Å². The molecule has 1 aliphatic rings. The second-order valence-electron chi connectivity index (χ2n) is 11.3. The van der Waals surface area contributed by atoms with Gasteiger partial charge >= 0.3 is 0 Å². The Kier molecular flexibility index (Phi) is 12.4. The zero-order valence-electron chi connectivity index (χ0n) is 26.3. The van der Waals surface area contributed by atoms with Crippen LogP contribution in [0.15, 0.2) is 102 Å². The van der Waals surface area contributed by atoms with Crippen LogP contribution in [0.25, 0.3) is 11.1 Å². The van der Waals surface area contributed by atoms with Crippen molar-refractivity contribution >= 4 is 23.6 Å². The molecule has 0 radical (unpaired) electrons. The number of carbonyl (C=O) groups is 2. The number of benzene rings is 4. The molecule has 4 N–H and O–H groups in total. The molecule has 5 rings (SSSR count). The third-order valence-corrected chi connectivity index (χ3v) is 9.22. The number of aliphatic hydroxyl groups excluding tert-OH is 1. The van der Waals surface area contributed by atoms with Crippen molar-refractivity contribution in [2.75, 3.05) is 12.9 Å². The van der Waals surface area contributed by atoms with Gasteiger partial charge in [0.2, 0.25) is 11.8 Å². The number of rotatable bonds is 14. The lowest BCUT2D eigenvalue weighted by atomic mass is 9.97. The monoisotopic (exact) mass is 656 g/mol. The number of hydroxylamine groups is 1. The van der Waals surface area contributed by atoms with Crippen molar-refractivity contribution < 1.29 is 34.1 Å². The summed E-state index contributed by atoms with van der Waals surface area (Å²) in [6.07, 6.45) is 0.450. The molecule has 3 atom stereocenters. The third-order valence-electron chi connectivity index (χ3n) is 8.03. The summed E-state index contributed by atoms with van der Waals surface area (Å²) < 4.78 is 18.6. The average molecular weight is 657 g/mol. The van der Waals surface area contributed by atoms with Crippen molar-refractivity contribution in [3.63, 3.8) is 0 Å². The summed E-state index contributed by atoms with van der Waals surface area (Å²) in [6.45, 7) is 0.336. The van der Waals surface area contributed by atoms with E-state index in [2.05, 4.69) is 5.32 Å². The minimum Gasteiger partial charge on any atom is -0.496 e. The fourth-order valence-electron chi connectivity index (χ4n) is 5.47. The number of hydrogen-bond donors (Lipinski definition) is 4. The van der Waals surface area contributed by atoms with Crippen LogP contribution >= 0.6 is 11.8 Å². The van der Waals surface area contributed by atoms with Gasteiger partial charge in [0, 0.05) is 42.0 Å². The smallest absolute Gasteiger partial charge is 0.243 e. The Morgan fingerprint density at radius 1 is 0.872 bits per heavy atom. The fourth-order valence-corrected chi connectivity index (χ4v) is 6.52. The van der Waals surface area contributed by atoms with E-state index in [-0.39, 0.29) is 37.6 Å². The summed E-state index contributed by atoms with van der Waals surface area (Å²) in [5, 5.41) is 21.1. The van der Waals surface area contributed by atoms with E-state index in [0.717, 1.165) is 49.8 Å². The number of carbonyl (C=O) groups excluding carboxylic acids is 2. The molecule has 0 bridgehead atoms. The molecule has 47 heavy (non-hydrogen) atoms. The minimum absolute atomic E-state index is 0.0108. The van der Waals surface area contributed by atoms with E-state index in [4.69, 9.17) is 19.4 Å². The topological polar surface area (TPSA) is 126 Å². The van der Waals surface area contributed by atoms with Crippen LogP contribution in [0.4, 0.5) is 0 Å². The van der Waals surface area contributed by atoms with Crippen LogP contribution < -0.4 is 15.5 Å². The molecule has 0 unspecified atom stereocenters. The maximum Gasteiger partial charge on any atom is 0.243 e. The van der Waals surface area contributed by atoms with Gasteiger partial charge in [0.1, 0.15) is 5.75 Å². The number of nitrogens with one attached hydrogen (secondary N) is 2. The molecule has 0 spiro atoms. The van der Waals surface area contributed by atoms with Gasteiger partial charge in [0.05, 0.1) is 25.9 Å². The van der Waals surface area contributed by atoms with Crippen LogP contribution in [0.5, 0.6) is 5.75 Å². The molecule has 10 heteroatoms. The lowest BCUT2D eigenvalue weighted by Crippen LogP contribution is -2.31. The van der Waals surface area contributed by atoms with E-state index in [1.54, 1.807) is 24.4 Å². The molecule has 0 aromatic heterocycles. The Balaban J connectivity index is 1.29. The predicted molar refractivity (Wildman–Crippen MR) is 180 cm³/mol. The maximum atomic E-state index is 12.3. The Bertz CT molecular complexity index is 1610. The molecule has 1 fully saturated rings. The molecule has 4 aromatic rings. The third kappa shape index (κ3) is 9.43. The molecule has 0 saturated carbocycles. The minimum atomic E-state index is -0.578. The van der Waals surface area contributed by atoms with Gasteiger partial charge in [0.25, 0.3) is 0 Å². The summed E-state index contributed by atoms with van der Waals surface area (Å²) in [6, 6.07) is 31.8. The first-order valence-electron chi connectivity index (χ1n) is 15.6. The van der Waals surface area contributed by atoms with Crippen LogP contribution in [-0.2, 0) is 32.2 Å². The number of hydrogen-bond acceptors (Lipinski definition) is 8. The molecule has 1 aliphatic heterocycles. The fraction of sp³-hybridized carbons (Fsp3) is 0.297. The standard InChI is InChI=1S/C37H40N2O7S/c1-44-32-9-4-5-10-34(32)47-24-30-21-33(27-15-13-25(23-40)14-16-27)46-37(45-30)28-19-17-26(18-20-28)31-8-3-2-7-29(31)22-38-35(41)11-6-12-36(42)39-43/h2-5,7-10,13-20,30,33,37,40,43H,6,11-12,21-24H2,1H3,(H,38,41)(H,39,42)/t30-,33+,37+/m0/s1. The van der Waals surface area contributed by atoms with Crippen LogP contribution in [0, 0.1) is 0 Å². The number of para-hydroxylation sites is 1. The lowest BCUT2D eigenvalue weighted by Gasteiger charge is -2.36. The molecule has 4 aromatic carbocycles. The Morgan fingerprint density at radius 3 is 2.32 bits per heavy atom. The summed E-state index contributed by atoms with van der Waals surface area (Å²) in [7, 11) is 1.68. The molecule has 1 heterocycles. The van der Waals surface area contributed by atoms with Crippen molar-refractivity contribution in [1.82, 2.24) is 10.8 Å². The van der Waals surface area contributed by atoms with Crippen LogP contribution in [0.2, 0.25) is 0 Å². The van der Waals surface area contributed by atoms with Gasteiger partial charge in [-0.15, -0.1) is 11.8 Å². The first-order chi connectivity index (χ1) is 23.0. The van der Waals surface area contributed by atoms with Crippen molar-refractivity contribution in [3.05, 3.63) is 119 Å². The van der Waals surface area contributed by atoms with Gasteiger partial charge < -0.3 is 24.6 Å². The second kappa shape index (κ2) is 17.1. The Morgan fingerprint density at radius 2 is 1.57 bits per heavy atom. The highest BCUT2D eigenvalue weighted by molar-refractivity contribution is 7.99. The van der Waals surface area contributed by atoms with E-state index in [9.17, 15) is 14.7 Å². The van der Waals surface area contributed by atoms with Gasteiger partial charge in [-0.25, -0.2) is 5.48 Å². The molecule has 246 valence electrons. The highest BCUT2D eigenvalue weighted by atomic mass is 32.2. The number of amides is 2. The van der Waals surface area contributed by atoms with Gasteiger partial charge in [-0.3, -0.25) is 14.8 Å². The van der Waals surface area contributed by atoms with Crippen molar-refractivity contribution in [1.29, 1.82) is 0 Å². The largest absolute Gasteiger partial charge is 0.496 e. The SMILES string of the molecule is COc1ccccc1SC[C@@H]1C[C@H](c2ccc(CO)cc2)O[C@H](c2ccc(-c3ccccc3CNC(=O)CCCC(=O)NO)cc2)O1. The molecular weight excluding hydrogens is 616 g/mol. The average Bonchev–Trinajstić information content (AvgIpc) is 3.13. The summed E-state index contributed by atoms with van der Waals surface area (Å²) in [5.74, 6) is 0.883. The summed E-state index contributed by atoms with van der Waals surface area (Å²) in [4.78, 5) is 24.6. The van der Waals surface area contributed by atoms with Gasteiger partial charge in [-0.2, -0.15) is 0 Å². The molecule has 1 saturated heterocycles. The van der Waals surface area contributed by atoms with Crippen LogP contribution in [0.3, 0.4) is 0 Å². The van der Waals surface area contributed by atoms with E-state index in [1.807, 2.05) is 97.1 Å². The summed E-state index contributed by atoms with van der Waals surface area (Å²) in [5.41, 5.74) is 7.32. The van der Waals surface area contributed by atoms with Crippen molar-refractivity contribution in [2.24, 2.45) is 0 Å². The van der Waals surface area contributed by atoms with Gasteiger partial charge in [-0.1, -0.05) is 84.9 Å². The molecule has 9 nitrogen and oxygen atoms in total. The van der Waals surface area contributed by atoms with Crippen LogP contribution in [0.1, 0.15) is 60.3 Å². The molecule has 0 aliphatic carbocycles.